The van der Waals surface area contributed by atoms with Gasteiger partial charge in [-0.15, -0.1) is 0 Å². The molecule has 4 aromatic heterocycles. The number of piperazine rings is 1. The van der Waals surface area contributed by atoms with Gasteiger partial charge in [-0.1, -0.05) is 13.8 Å². The third-order valence-corrected chi connectivity index (χ3v) is 8.24. The maximum atomic E-state index is 12.8. The summed E-state index contributed by atoms with van der Waals surface area (Å²) in [4.78, 5) is 27.1. The van der Waals surface area contributed by atoms with Crippen molar-refractivity contribution in [1.82, 2.24) is 38.7 Å². The van der Waals surface area contributed by atoms with E-state index in [0.717, 1.165) is 43.0 Å². The van der Waals surface area contributed by atoms with Gasteiger partial charge in [-0.25, -0.2) is 14.3 Å². The van der Waals surface area contributed by atoms with Gasteiger partial charge in [0.1, 0.15) is 5.65 Å². The summed E-state index contributed by atoms with van der Waals surface area (Å²) < 4.78 is 5.11. The fourth-order valence-corrected chi connectivity index (χ4v) is 5.76. The summed E-state index contributed by atoms with van der Waals surface area (Å²) in [6, 6.07) is 8.70. The lowest BCUT2D eigenvalue weighted by atomic mass is 9.99. The molecule has 0 bridgehead atoms. The van der Waals surface area contributed by atoms with E-state index in [1.54, 1.807) is 17.6 Å². The fraction of sp³-hybridized carbons (Fsp3) is 0.556. The molecule has 0 spiro atoms. The second-order valence-electron chi connectivity index (χ2n) is 10.6. The minimum atomic E-state index is -0.321. The Morgan fingerprint density at radius 1 is 1.11 bits per heavy atom. The summed E-state index contributed by atoms with van der Waals surface area (Å²) in [5.41, 5.74) is 4.07. The molecule has 1 saturated heterocycles. The first-order valence-corrected chi connectivity index (χ1v) is 13.6. The van der Waals surface area contributed by atoms with E-state index in [0.29, 0.717) is 23.2 Å². The zero-order valence-corrected chi connectivity index (χ0v) is 22.4. The Morgan fingerprint density at radius 3 is 2.61 bits per heavy atom. The number of aromatic nitrogens is 7. The van der Waals surface area contributed by atoms with Crippen LogP contribution in [-0.2, 0) is 13.5 Å². The molecule has 11 heteroatoms. The van der Waals surface area contributed by atoms with Crippen molar-refractivity contribution >= 4 is 17.2 Å². The molecular weight excluding hydrogens is 480 g/mol. The number of hydrogen-bond donors (Lipinski definition) is 0. The van der Waals surface area contributed by atoms with Gasteiger partial charge in [0.25, 0.3) is 0 Å². The van der Waals surface area contributed by atoms with Crippen LogP contribution in [0.3, 0.4) is 0 Å². The van der Waals surface area contributed by atoms with Crippen molar-refractivity contribution in [3.63, 3.8) is 0 Å². The maximum Gasteiger partial charge on any atom is 0.352 e. The van der Waals surface area contributed by atoms with Gasteiger partial charge in [0.2, 0.25) is 5.95 Å². The van der Waals surface area contributed by atoms with Crippen LogP contribution >= 0.6 is 0 Å². The molecule has 0 amide bonds. The molecule has 0 N–H and O–H groups in total. The molecule has 0 aromatic carbocycles. The van der Waals surface area contributed by atoms with Crippen molar-refractivity contribution < 1.29 is 0 Å². The predicted octanol–water partition coefficient (Wildman–Crippen LogP) is 2.85. The van der Waals surface area contributed by atoms with E-state index in [4.69, 9.17) is 10.1 Å². The summed E-state index contributed by atoms with van der Waals surface area (Å²) in [5, 5.41) is 18.5. The molecule has 4 aromatic rings. The lowest BCUT2D eigenvalue weighted by Crippen LogP contribution is -2.59. The zero-order chi connectivity index (χ0) is 26.6. The van der Waals surface area contributed by atoms with E-state index >= 15 is 0 Å². The number of anilines is 1. The van der Waals surface area contributed by atoms with Crippen LogP contribution in [0.2, 0.25) is 0 Å². The molecule has 0 unspecified atom stereocenters. The van der Waals surface area contributed by atoms with E-state index in [9.17, 15) is 10.1 Å². The van der Waals surface area contributed by atoms with Gasteiger partial charge in [-0.3, -0.25) is 9.47 Å². The average molecular weight is 515 g/mol. The number of fused-ring (bicyclic) bond motifs is 2. The number of aryl methyl sites for hydroxylation is 1. The van der Waals surface area contributed by atoms with Gasteiger partial charge >= 0.3 is 5.69 Å². The molecule has 6 rings (SSSR count). The lowest BCUT2D eigenvalue weighted by Gasteiger charge is -2.48. The van der Waals surface area contributed by atoms with Crippen molar-refractivity contribution in [2.24, 2.45) is 7.05 Å². The quantitative estimate of drug-likeness (QED) is 0.370. The van der Waals surface area contributed by atoms with Crippen molar-refractivity contribution in [3.05, 3.63) is 52.0 Å². The van der Waals surface area contributed by atoms with Gasteiger partial charge in [0.05, 0.1) is 29.6 Å². The van der Waals surface area contributed by atoms with E-state index in [-0.39, 0.29) is 30.2 Å². The molecular formula is C27H34N10O. The Bertz CT molecular complexity index is 1590. The highest BCUT2D eigenvalue weighted by molar-refractivity contribution is 5.48. The first-order valence-electron chi connectivity index (χ1n) is 13.6. The lowest BCUT2D eigenvalue weighted by molar-refractivity contribution is 0.0980. The Labute approximate surface area is 221 Å². The van der Waals surface area contributed by atoms with Gasteiger partial charge in [-0.05, 0) is 38.7 Å². The van der Waals surface area contributed by atoms with Crippen LogP contribution < -0.4 is 10.6 Å². The van der Waals surface area contributed by atoms with Crippen molar-refractivity contribution in [3.8, 4) is 6.07 Å². The molecule has 3 atom stereocenters. The third-order valence-electron chi connectivity index (χ3n) is 8.24. The zero-order valence-electron chi connectivity index (χ0n) is 22.4. The monoisotopic (exact) mass is 514 g/mol. The smallest absolute Gasteiger partial charge is 0.335 e. The Kier molecular flexibility index (Phi) is 6.14. The van der Waals surface area contributed by atoms with Crippen LogP contribution in [0, 0.1) is 11.3 Å². The average Bonchev–Trinajstić information content (AvgIpc) is 3.55. The summed E-state index contributed by atoms with van der Waals surface area (Å²) in [5.74, 6) is 1.15. The van der Waals surface area contributed by atoms with Gasteiger partial charge in [-0.2, -0.15) is 25.0 Å². The number of nitrogens with zero attached hydrogens (tertiary/aromatic N) is 10. The third kappa shape index (κ3) is 4.13. The second-order valence-corrected chi connectivity index (χ2v) is 10.6. The van der Waals surface area contributed by atoms with Crippen LogP contribution in [0.5, 0.6) is 0 Å². The molecule has 1 aliphatic heterocycles. The van der Waals surface area contributed by atoms with Crippen molar-refractivity contribution in [2.45, 2.75) is 76.9 Å². The van der Waals surface area contributed by atoms with E-state index in [1.165, 1.54) is 17.4 Å². The predicted molar refractivity (Wildman–Crippen MR) is 143 cm³/mol. The summed E-state index contributed by atoms with van der Waals surface area (Å²) in [6.07, 6.45) is 6.51. The Hall–Kier alpha value is -3.78. The highest BCUT2D eigenvalue weighted by Crippen LogP contribution is 2.39. The SMILES string of the molecule is CC[C@H]1CN([C@@H](C)c2ccn3nc(C4CC4)cc3n2)[C@H](CC)CN1c1nc(=O)n(C)c2cc(CC#N)nn12. The number of nitriles is 1. The summed E-state index contributed by atoms with van der Waals surface area (Å²) in [7, 11) is 1.69. The molecule has 11 nitrogen and oxygen atoms in total. The van der Waals surface area contributed by atoms with E-state index in [1.807, 2.05) is 10.7 Å². The minimum absolute atomic E-state index is 0.129. The Balaban J connectivity index is 1.32. The van der Waals surface area contributed by atoms with E-state index in [2.05, 4.69) is 58.9 Å². The molecule has 1 saturated carbocycles. The van der Waals surface area contributed by atoms with Crippen LogP contribution in [0.4, 0.5) is 5.95 Å². The molecule has 1 aliphatic carbocycles. The molecule has 2 fully saturated rings. The first-order chi connectivity index (χ1) is 18.4. The number of rotatable bonds is 7. The van der Waals surface area contributed by atoms with Gasteiger partial charge < -0.3 is 4.90 Å². The molecule has 0 radical (unpaired) electrons. The fourth-order valence-electron chi connectivity index (χ4n) is 5.76. The second kappa shape index (κ2) is 9.51. The van der Waals surface area contributed by atoms with Crippen LogP contribution in [0.25, 0.3) is 11.3 Å². The van der Waals surface area contributed by atoms with Gasteiger partial charge in [0, 0.05) is 62.5 Å². The topological polar surface area (TPSA) is 113 Å². The highest BCUT2D eigenvalue weighted by Gasteiger charge is 2.37. The maximum absolute atomic E-state index is 12.8. The molecule has 198 valence electrons. The van der Waals surface area contributed by atoms with Gasteiger partial charge in [0.15, 0.2) is 5.65 Å². The standard InChI is InChI=1S/C27H34N10O/c1-5-20-16-35(26-30-27(38)33(4)25-13-19(9-11-28)31-37(25)26)21(6-2)15-34(20)17(3)22-10-12-36-24(29-22)14-23(32-36)18-7-8-18/h10,12-14,17-18,20-21H,5-9,15-16H2,1-4H3/t17-,20+,21-/m0/s1. The Morgan fingerprint density at radius 2 is 1.89 bits per heavy atom. The minimum Gasteiger partial charge on any atom is -0.335 e. The number of hydrogen-bond acceptors (Lipinski definition) is 8. The first kappa shape index (κ1) is 24.6. The van der Waals surface area contributed by atoms with Crippen molar-refractivity contribution in [1.29, 1.82) is 5.26 Å². The molecule has 5 heterocycles. The van der Waals surface area contributed by atoms with Crippen molar-refractivity contribution in [2.75, 3.05) is 18.0 Å². The van der Waals surface area contributed by atoms with Crippen LogP contribution in [-0.4, -0.2) is 63.8 Å². The summed E-state index contributed by atoms with van der Waals surface area (Å²) in [6.45, 7) is 8.16. The highest BCUT2D eigenvalue weighted by atomic mass is 16.1. The summed E-state index contributed by atoms with van der Waals surface area (Å²) >= 11 is 0. The molecule has 38 heavy (non-hydrogen) atoms. The van der Waals surface area contributed by atoms with Crippen LogP contribution in [0.15, 0.2) is 29.2 Å². The largest absolute Gasteiger partial charge is 0.352 e. The normalized spacial score (nSPS) is 21.3. The molecule has 2 aliphatic rings. The van der Waals surface area contributed by atoms with Crippen LogP contribution in [0.1, 0.15) is 75.5 Å². The van der Waals surface area contributed by atoms with E-state index < -0.39 is 0 Å².